The minimum absolute atomic E-state index is 0.0628. The van der Waals surface area contributed by atoms with Crippen LogP contribution in [-0.4, -0.2) is 33.4 Å². The molecule has 132 valence electrons. The van der Waals surface area contributed by atoms with E-state index in [4.69, 9.17) is 0 Å². The van der Waals surface area contributed by atoms with Crippen LogP contribution in [0, 0.1) is 0 Å². The number of rotatable bonds is 5. The monoisotopic (exact) mass is 364 g/mol. The molecule has 1 aliphatic rings. The summed E-state index contributed by atoms with van der Waals surface area (Å²) in [6.45, 7) is 1.70. The molecular formula is C20H20N4OS. The second-order valence-electron chi connectivity index (χ2n) is 6.43. The molecule has 0 bridgehead atoms. The summed E-state index contributed by atoms with van der Waals surface area (Å²) in [4.78, 5) is 23.5. The van der Waals surface area contributed by atoms with Crippen LogP contribution in [0.4, 0.5) is 5.69 Å². The van der Waals surface area contributed by atoms with Gasteiger partial charge in [-0.2, -0.15) is 0 Å². The zero-order valence-corrected chi connectivity index (χ0v) is 15.2. The van der Waals surface area contributed by atoms with Crippen molar-refractivity contribution >= 4 is 22.9 Å². The van der Waals surface area contributed by atoms with Gasteiger partial charge in [-0.3, -0.25) is 14.7 Å². The normalized spacial score (nSPS) is 17.3. The first-order valence-electron chi connectivity index (χ1n) is 8.72. The van der Waals surface area contributed by atoms with Crippen LogP contribution in [0.25, 0.3) is 11.3 Å². The molecule has 1 aromatic carbocycles. The summed E-state index contributed by atoms with van der Waals surface area (Å²) in [5, 5.41) is 5.07. The zero-order chi connectivity index (χ0) is 17.8. The van der Waals surface area contributed by atoms with E-state index in [0.717, 1.165) is 48.4 Å². The van der Waals surface area contributed by atoms with Crippen molar-refractivity contribution in [2.24, 2.45) is 0 Å². The number of nitrogens with zero attached hydrogens (tertiary/aromatic N) is 3. The van der Waals surface area contributed by atoms with Gasteiger partial charge in [0.1, 0.15) is 0 Å². The Morgan fingerprint density at radius 3 is 2.88 bits per heavy atom. The molecule has 0 unspecified atom stereocenters. The summed E-state index contributed by atoms with van der Waals surface area (Å²) < 4.78 is 0. The molecule has 0 radical (unpaired) electrons. The van der Waals surface area contributed by atoms with Gasteiger partial charge in [0.15, 0.2) is 0 Å². The number of carbonyl (C=O) groups excluding carboxylic acids is 1. The third-order valence-corrected chi connectivity index (χ3v) is 5.24. The second-order valence-corrected chi connectivity index (χ2v) is 7.15. The molecule has 1 aliphatic heterocycles. The van der Waals surface area contributed by atoms with Gasteiger partial charge in [0.2, 0.25) is 5.91 Å². The number of hydrogen-bond donors (Lipinski definition) is 1. The molecule has 1 fully saturated rings. The molecule has 1 atom stereocenters. The number of pyridine rings is 1. The summed E-state index contributed by atoms with van der Waals surface area (Å²) in [7, 11) is 0. The van der Waals surface area contributed by atoms with Crippen LogP contribution in [0.3, 0.4) is 0 Å². The number of thiazole rings is 1. The predicted octanol–water partition coefficient (Wildman–Crippen LogP) is 3.81. The van der Waals surface area contributed by atoms with Crippen LogP contribution < -0.4 is 5.32 Å². The Morgan fingerprint density at radius 2 is 2.15 bits per heavy atom. The summed E-state index contributed by atoms with van der Waals surface area (Å²) in [6, 6.07) is 11.8. The molecule has 1 amide bonds. The number of amides is 1. The van der Waals surface area contributed by atoms with Crippen LogP contribution in [0.15, 0.2) is 59.7 Å². The number of likely N-dealkylation sites (tertiary alicyclic amines) is 1. The van der Waals surface area contributed by atoms with Crippen molar-refractivity contribution in [3.05, 3.63) is 65.2 Å². The van der Waals surface area contributed by atoms with Gasteiger partial charge in [0.25, 0.3) is 0 Å². The van der Waals surface area contributed by atoms with E-state index >= 15 is 0 Å². The van der Waals surface area contributed by atoms with Crippen molar-refractivity contribution in [3.63, 3.8) is 0 Å². The largest absolute Gasteiger partial charge is 0.325 e. The third-order valence-electron chi connectivity index (χ3n) is 4.66. The average Bonchev–Trinajstić information content (AvgIpc) is 3.35. The van der Waals surface area contributed by atoms with Gasteiger partial charge >= 0.3 is 0 Å². The number of benzene rings is 1. The number of aromatic nitrogens is 2. The summed E-state index contributed by atoms with van der Waals surface area (Å²) in [5.41, 5.74) is 5.80. The topological polar surface area (TPSA) is 58.1 Å². The fraction of sp³-hybridized carbons (Fsp3) is 0.250. The SMILES string of the molecule is O=C(Nc1ccc(-c2cscn2)cc1)[C@H]1CCCN1Cc1cccnc1. The van der Waals surface area contributed by atoms with Crippen LogP contribution in [0.2, 0.25) is 0 Å². The van der Waals surface area contributed by atoms with Gasteiger partial charge in [-0.05, 0) is 43.1 Å². The van der Waals surface area contributed by atoms with Crippen LogP contribution in [0.5, 0.6) is 0 Å². The Kier molecular flexibility index (Phi) is 5.04. The Balaban J connectivity index is 1.40. The standard InChI is InChI=1S/C20H20N4OS/c25-20(19-4-2-10-24(19)12-15-3-1-9-21-11-15)23-17-7-5-16(6-8-17)18-13-26-14-22-18/h1,3,5-9,11,13-14,19H,2,4,10,12H2,(H,23,25)/t19-/m1/s1. The number of anilines is 1. The van der Waals surface area contributed by atoms with Gasteiger partial charge in [0, 0.05) is 35.6 Å². The molecule has 26 heavy (non-hydrogen) atoms. The molecule has 1 saturated heterocycles. The minimum atomic E-state index is -0.0894. The first-order chi connectivity index (χ1) is 12.8. The lowest BCUT2D eigenvalue weighted by Crippen LogP contribution is -2.39. The third kappa shape index (κ3) is 3.81. The van der Waals surface area contributed by atoms with Crippen molar-refractivity contribution in [2.75, 3.05) is 11.9 Å². The van der Waals surface area contributed by atoms with E-state index in [1.165, 1.54) is 0 Å². The van der Waals surface area contributed by atoms with Crippen molar-refractivity contribution in [1.82, 2.24) is 14.9 Å². The minimum Gasteiger partial charge on any atom is -0.325 e. The fourth-order valence-corrected chi connectivity index (χ4v) is 3.90. The summed E-state index contributed by atoms with van der Waals surface area (Å²) in [6.07, 6.45) is 5.57. The van der Waals surface area contributed by atoms with E-state index in [2.05, 4.69) is 26.3 Å². The highest BCUT2D eigenvalue weighted by molar-refractivity contribution is 7.07. The maximum atomic E-state index is 12.7. The molecule has 0 aliphatic carbocycles. The maximum Gasteiger partial charge on any atom is 0.241 e. The molecule has 0 saturated carbocycles. The maximum absolute atomic E-state index is 12.7. The van der Waals surface area contributed by atoms with Crippen molar-refractivity contribution in [2.45, 2.75) is 25.4 Å². The van der Waals surface area contributed by atoms with Crippen LogP contribution in [-0.2, 0) is 11.3 Å². The molecule has 0 spiro atoms. The summed E-state index contributed by atoms with van der Waals surface area (Å²) in [5.74, 6) is 0.0628. The smallest absolute Gasteiger partial charge is 0.241 e. The Labute approximate surface area is 156 Å². The van der Waals surface area contributed by atoms with Crippen LogP contribution in [0.1, 0.15) is 18.4 Å². The fourth-order valence-electron chi connectivity index (χ4n) is 3.34. The van der Waals surface area contributed by atoms with Crippen molar-refractivity contribution in [3.8, 4) is 11.3 Å². The first kappa shape index (κ1) is 16.9. The van der Waals surface area contributed by atoms with Gasteiger partial charge < -0.3 is 5.32 Å². The van der Waals surface area contributed by atoms with Crippen molar-refractivity contribution < 1.29 is 4.79 Å². The molecule has 5 nitrogen and oxygen atoms in total. The number of nitrogens with one attached hydrogen (secondary N) is 1. The Bertz CT molecular complexity index is 849. The van der Waals surface area contributed by atoms with Gasteiger partial charge in [-0.15, -0.1) is 11.3 Å². The lowest BCUT2D eigenvalue weighted by molar-refractivity contribution is -0.120. The molecule has 3 aromatic rings. The summed E-state index contributed by atoms with van der Waals surface area (Å²) >= 11 is 1.58. The molecule has 1 N–H and O–H groups in total. The zero-order valence-electron chi connectivity index (χ0n) is 14.3. The average molecular weight is 364 g/mol. The molecule has 6 heteroatoms. The Hall–Kier alpha value is -2.57. The number of carbonyl (C=O) groups is 1. The van der Waals surface area contributed by atoms with Gasteiger partial charge in [-0.1, -0.05) is 18.2 Å². The van der Waals surface area contributed by atoms with Gasteiger partial charge in [-0.25, -0.2) is 4.98 Å². The first-order valence-corrected chi connectivity index (χ1v) is 9.66. The molecule has 4 rings (SSSR count). The highest BCUT2D eigenvalue weighted by Gasteiger charge is 2.30. The predicted molar refractivity (Wildman–Crippen MR) is 104 cm³/mol. The van der Waals surface area contributed by atoms with E-state index in [1.807, 2.05) is 47.4 Å². The molecular weight excluding hydrogens is 344 g/mol. The van der Waals surface area contributed by atoms with E-state index < -0.39 is 0 Å². The quantitative estimate of drug-likeness (QED) is 0.748. The molecule has 3 heterocycles. The lowest BCUT2D eigenvalue weighted by atomic mass is 10.1. The highest BCUT2D eigenvalue weighted by Crippen LogP contribution is 2.24. The van der Waals surface area contributed by atoms with E-state index in [-0.39, 0.29) is 11.9 Å². The molecule has 2 aromatic heterocycles. The van der Waals surface area contributed by atoms with E-state index in [9.17, 15) is 4.79 Å². The lowest BCUT2D eigenvalue weighted by Gasteiger charge is -2.23. The number of hydrogen-bond acceptors (Lipinski definition) is 5. The van der Waals surface area contributed by atoms with E-state index in [0.29, 0.717) is 0 Å². The second kappa shape index (κ2) is 7.76. The van der Waals surface area contributed by atoms with E-state index in [1.54, 1.807) is 17.5 Å². The van der Waals surface area contributed by atoms with Crippen molar-refractivity contribution in [1.29, 1.82) is 0 Å². The van der Waals surface area contributed by atoms with Crippen LogP contribution >= 0.6 is 11.3 Å². The highest BCUT2D eigenvalue weighted by atomic mass is 32.1. The Morgan fingerprint density at radius 1 is 1.27 bits per heavy atom. The van der Waals surface area contributed by atoms with Gasteiger partial charge in [0.05, 0.1) is 17.2 Å².